The van der Waals surface area contributed by atoms with Gasteiger partial charge in [-0.1, -0.05) is 42.5 Å². The normalized spacial score (nSPS) is 10.9. The maximum absolute atomic E-state index is 12.0. The number of para-hydroxylation sites is 2. The van der Waals surface area contributed by atoms with Crippen LogP contribution in [-0.2, 0) is 13.1 Å². The van der Waals surface area contributed by atoms with E-state index in [0.29, 0.717) is 6.54 Å². The molecule has 0 aliphatic rings. The third-order valence-electron chi connectivity index (χ3n) is 3.44. The number of hydrogen-bond acceptors (Lipinski definition) is 3. The molecular weight excluding hydrogens is 262 g/mol. The van der Waals surface area contributed by atoms with Crippen molar-refractivity contribution in [2.24, 2.45) is 0 Å². The van der Waals surface area contributed by atoms with Crippen molar-refractivity contribution in [2.45, 2.75) is 13.1 Å². The smallest absolute Gasteiger partial charge is 0.269 e. The van der Waals surface area contributed by atoms with Crippen LogP contribution in [0.3, 0.4) is 0 Å². The molecule has 0 bridgehead atoms. The summed E-state index contributed by atoms with van der Waals surface area (Å²) in [6.07, 6.45) is 1.39. The molecular formula is C17H17N3O. The van der Waals surface area contributed by atoms with Crippen LogP contribution in [0.4, 0.5) is 0 Å². The number of rotatable bonds is 5. The lowest BCUT2D eigenvalue weighted by atomic mass is 10.2. The summed E-state index contributed by atoms with van der Waals surface area (Å²) >= 11 is 0. The molecule has 0 atom stereocenters. The van der Waals surface area contributed by atoms with Crippen molar-refractivity contribution in [3.8, 4) is 0 Å². The molecule has 0 aliphatic heterocycles. The summed E-state index contributed by atoms with van der Waals surface area (Å²) in [6.45, 7) is 2.18. The number of aromatic nitrogens is 2. The van der Waals surface area contributed by atoms with Gasteiger partial charge in [0.25, 0.3) is 5.56 Å². The third-order valence-corrected chi connectivity index (χ3v) is 3.44. The summed E-state index contributed by atoms with van der Waals surface area (Å²) in [7, 11) is 0. The first-order chi connectivity index (χ1) is 10.3. The van der Waals surface area contributed by atoms with E-state index >= 15 is 0 Å². The van der Waals surface area contributed by atoms with E-state index in [1.807, 2.05) is 42.5 Å². The van der Waals surface area contributed by atoms with E-state index in [2.05, 4.69) is 22.4 Å². The Bertz CT molecular complexity index is 781. The van der Waals surface area contributed by atoms with Gasteiger partial charge in [0.05, 0.1) is 17.2 Å². The highest BCUT2D eigenvalue weighted by Crippen LogP contribution is 2.07. The second-order valence-electron chi connectivity index (χ2n) is 4.90. The van der Waals surface area contributed by atoms with Gasteiger partial charge in [0.15, 0.2) is 0 Å². The van der Waals surface area contributed by atoms with Crippen molar-refractivity contribution < 1.29 is 0 Å². The van der Waals surface area contributed by atoms with Crippen LogP contribution >= 0.6 is 0 Å². The first kappa shape index (κ1) is 13.5. The lowest BCUT2D eigenvalue weighted by Gasteiger charge is -2.10. The van der Waals surface area contributed by atoms with Crippen LogP contribution in [0.2, 0.25) is 0 Å². The molecule has 1 aromatic heterocycles. The topological polar surface area (TPSA) is 46.9 Å². The Morgan fingerprint density at radius 3 is 2.62 bits per heavy atom. The van der Waals surface area contributed by atoms with Crippen LogP contribution in [0.25, 0.3) is 11.0 Å². The molecule has 0 radical (unpaired) electrons. The van der Waals surface area contributed by atoms with Crippen LogP contribution in [0.15, 0.2) is 65.6 Å². The Morgan fingerprint density at radius 1 is 1.00 bits per heavy atom. The molecule has 1 N–H and O–H groups in total. The van der Waals surface area contributed by atoms with Crippen molar-refractivity contribution in [1.82, 2.24) is 14.9 Å². The van der Waals surface area contributed by atoms with Crippen LogP contribution in [0.1, 0.15) is 5.56 Å². The lowest BCUT2D eigenvalue weighted by molar-refractivity contribution is 0.596. The van der Waals surface area contributed by atoms with E-state index in [-0.39, 0.29) is 5.56 Å². The zero-order valence-electron chi connectivity index (χ0n) is 11.7. The Balaban J connectivity index is 1.68. The number of nitrogens with zero attached hydrogens (tertiary/aromatic N) is 2. The van der Waals surface area contributed by atoms with Crippen LogP contribution in [0, 0.1) is 0 Å². The predicted molar refractivity (Wildman–Crippen MR) is 84.2 cm³/mol. The molecule has 0 saturated heterocycles. The SMILES string of the molecule is O=c1cnc2ccccc2n1CCNCc1ccccc1. The van der Waals surface area contributed by atoms with E-state index in [1.54, 1.807) is 4.57 Å². The molecule has 0 spiro atoms. The highest BCUT2D eigenvalue weighted by Gasteiger charge is 2.02. The van der Waals surface area contributed by atoms with Crippen molar-refractivity contribution in [1.29, 1.82) is 0 Å². The van der Waals surface area contributed by atoms with E-state index in [0.717, 1.165) is 24.1 Å². The molecule has 3 aromatic rings. The molecule has 0 unspecified atom stereocenters. The monoisotopic (exact) mass is 279 g/mol. The fraction of sp³-hybridized carbons (Fsp3) is 0.176. The zero-order valence-corrected chi connectivity index (χ0v) is 11.7. The summed E-state index contributed by atoms with van der Waals surface area (Å²) in [5.74, 6) is 0. The molecule has 0 saturated carbocycles. The molecule has 3 rings (SSSR count). The van der Waals surface area contributed by atoms with Gasteiger partial charge in [-0.25, -0.2) is 4.98 Å². The zero-order chi connectivity index (χ0) is 14.5. The first-order valence-corrected chi connectivity index (χ1v) is 7.04. The average molecular weight is 279 g/mol. The Morgan fingerprint density at radius 2 is 1.76 bits per heavy atom. The van der Waals surface area contributed by atoms with Crippen LogP contribution in [0.5, 0.6) is 0 Å². The maximum atomic E-state index is 12.0. The lowest BCUT2D eigenvalue weighted by Crippen LogP contribution is -2.27. The molecule has 4 heteroatoms. The van der Waals surface area contributed by atoms with E-state index in [1.165, 1.54) is 11.8 Å². The first-order valence-electron chi connectivity index (χ1n) is 7.04. The van der Waals surface area contributed by atoms with Gasteiger partial charge in [0.2, 0.25) is 0 Å². The predicted octanol–water partition coefficient (Wildman–Crippen LogP) is 2.19. The van der Waals surface area contributed by atoms with Crippen molar-refractivity contribution in [3.05, 3.63) is 76.7 Å². The molecule has 0 amide bonds. The number of fused-ring (bicyclic) bond motifs is 1. The van der Waals surface area contributed by atoms with Gasteiger partial charge in [-0.05, 0) is 17.7 Å². The van der Waals surface area contributed by atoms with E-state index in [9.17, 15) is 4.79 Å². The van der Waals surface area contributed by atoms with Gasteiger partial charge in [0, 0.05) is 19.6 Å². The van der Waals surface area contributed by atoms with Gasteiger partial charge < -0.3 is 9.88 Å². The molecule has 0 fully saturated rings. The molecule has 0 aliphatic carbocycles. The molecule has 1 heterocycles. The van der Waals surface area contributed by atoms with Gasteiger partial charge in [-0.2, -0.15) is 0 Å². The second-order valence-corrected chi connectivity index (χ2v) is 4.90. The van der Waals surface area contributed by atoms with E-state index < -0.39 is 0 Å². The molecule has 2 aromatic carbocycles. The average Bonchev–Trinajstić information content (AvgIpc) is 2.54. The Hall–Kier alpha value is -2.46. The Kier molecular flexibility index (Phi) is 4.07. The third kappa shape index (κ3) is 3.17. The number of nitrogens with one attached hydrogen (secondary N) is 1. The molecule has 106 valence electrons. The summed E-state index contributed by atoms with van der Waals surface area (Å²) in [6, 6.07) is 17.9. The summed E-state index contributed by atoms with van der Waals surface area (Å²) < 4.78 is 1.76. The van der Waals surface area contributed by atoms with Crippen molar-refractivity contribution in [3.63, 3.8) is 0 Å². The minimum Gasteiger partial charge on any atom is -0.311 e. The summed E-state index contributed by atoms with van der Waals surface area (Å²) in [4.78, 5) is 16.1. The van der Waals surface area contributed by atoms with Crippen LogP contribution < -0.4 is 10.9 Å². The standard InChI is InChI=1S/C17H17N3O/c21-17-13-19-15-8-4-5-9-16(15)20(17)11-10-18-12-14-6-2-1-3-7-14/h1-9,13,18H,10-12H2. The summed E-state index contributed by atoms with van der Waals surface area (Å²) in [5.41, 5.74) is 2.91. The fourth-order valence-corrected chi connectivity index (χ4v) is 2.36. The highest BCUT2D eigenvalue weighted by molar-refractivity contribution is 5.74. The minimum absolute atomic E-state index is 0.0600. The van der Waals surface area contributed by atoms with E-state index in [4.69, 9.17) is 0 Å². The van der Waals surface area contributed by atoms with Gasteiger partial charge >= 0.3 is 0 Å². The Labute approximate surface area is 123 Å². The number of benzene rings is 2. The quantitative estimate of drug-likeness (QED) is 0.728. The molecule has 4 nitrogen and oxygen atoms in total. The van der Waals surface area contributed by atoms with Crippen molar-refractivity contribution in [2.75, 3.05) is 6.54 Å². The second kappa shape index (κ2) is 6.33. The highest BCUT2D eigenvalue weighted by atomic mass is 16.1. The van der Waals surface area contributed by atoms with Crippen LogP contribution in [-0.4, -0.2) is 16.1 Å². The maximum Gasteiger partial charge on any atom is 0.269 e. The fourth-order valence-electron chi connectivity index (χ4n) is 2.36. The number of hydrogen-bond donors (Lipinski definition) is 1. The largest absolute Gasteiger partial charge is 0.311 e. The van der Waals surface area contributed by atoms with Crippen molar-refractivity contribution >= 4 is 11.0 Å². The van der Waals surface area contributed by atoms with Gasteiger partial charge in [-0.3, -0.25) is 4.79 Å². The minimum atomic E-state index is -0.0600. The van der Waals surface area contributed by atoms with Gasteiger partial charge in [-0.15, -0.1) is 0 Å². The summed E-state index contributed by atoms with van der Waals surface area (Å²) in [5, 5.41) is 3.36. The molecule has 21 heavy (non-hydrogen) atoms. The van der Waals surface area contributed by atoms with Gasteiger partial charge in [0.1, 0.15) is 0 Å².